The molecule has 0 atom stereocenters. The van der Waals surface area contributed by atoms with Crippen LogP contribution in [-0.2, 0) is 16.2 Å². The van der Waals surface area contributed by atoms with E-state index in [0.29, 0.717) is 17.3 Å². The molecule has 0 saturated carbocycles. The molecule has 0 aliphatic heterocycles. The van der Waals surface area contributed by atoms with Crippen molar-refractivity contribution in [2.45, 2.75) is 24.9 Å². The van der Waals surface area contributed by atoms with Crippen LogP contribution in [0, 0.1) is 13.8 Å². The molecule has 0 radical (unpaired) electrons. The van der Waals surface area contributed by atoms with E-state index >= 15 is 0 Å². The van der Waals surface area contributed by atoms with Crippen LogP contribution in [0.4, 0.5) is 18.9 Å². The lowest BCUT2D eigenvalue weighted by Crippen LogP contribution is -2.27. The molecule has 0 amide bonds. The zero-order valence-corrected chi connectivity index (χ0v) is 17.3. The normalized spacial score (nSPS) is 12.6. The molecular formula is C22H19F3N2O2S. The van der Waals surface area contributed by atoms with Gasteiger partial charge in [-0.3, -0.25) is 4.31 Å². The van der Waals surface area contributed by atoms with Crippen LogP contribution >= 0.6 is 0 Å². The molecule has 8 heteroatoms. The Bertz CT molecular complexity index is 1390. The fourth-order valence-electron chi connectivity index (χ4n) is 3.71. The number of aromatic nitrogens is 1. The third-order valence-corrected chi connectivity index (χ3v) is 7.11. The number of rotatable bonds is 3. The Labute approximate surface area is 172 Å². The summed E-state index contributed by atoms with van der Waals surface area (Å²) in [5, 5.41) is 1.85. The summed E-state index contributed by atoms with van der Waals surface area (Å²) >= 11 is 0. The average molecular weight is 432 g/mol. The first-order chi connectivity index (χ1) is 14.0. The van der Waals surface area contributed by atoms with E-state index in [1.54, 1.807) is 12.1 Å². The molecule has 3 aromatic carbocycles. The number of anilines is 1. The molecule has 4 aromatic rings. The molecule has 0 bridgehead atoms. The first-order valence-electron chi connectivity index (χ1n) is 9.18. The summed E-state index contributed by atoms with van der Waals surface area (Å²) in [6.45, 7) is 3.94. The van der Waals surface area contributed by atoms with E-state index in [4.69, 9.17) is 0 Å². The molecule has 0 fully saturated rings. The maximum Gasteiger partial charge on any atom is 0.416 e. The van der Waals surface area contributed by atoms with Gasteiger partial charge in [0.25, 0.3) is 10.0 Å². The molecule has 0 aliphatic rings. The van der Waals surface area contributed by atoms with Crippen molar-refractivity contribution in [3.8, 4) is 0 Å². The van der Waals surface area contributed by atoms with Crippen LogP contribution in [0.3, 0.4) is 0 Å². The maximum absolute atomic E-state index is 13.1. The van der Waals surface area contributed by atoms with Gasteiger partial charge < -0.3 is 4.98 Å². The van der Waals surface area contributed by atoms with Crippen molar-refractivity contribution in [3.63, 3.8) is 0 Å². The third kappa shape index (κ3) is 3.11. The van der Waals surface area contributed by atoms with Crippen molar-refractivity contribution in [2.24, 2.45) is 0 Å². The van der Waals surface area contributed by atoms with Gasteiger partial charge >= 0.3 is 6.18 Å². The Morgan fingerprint density at radius 3 is 2.27 bits per heavy atom. The molecule has 1 N–H and O–H groups in total. The van der Waals surface area contributed by atoms with Crippen molar-refractivity contribution in [2.75, 3.05) is 11.4 Å². The molecule has 0 aliphatic carbocycles. The minimum Gasteiger partial charge on any atom is -0.353 e. The Morgan fingerprint density at radius 2 is 1.57 bits per heavy atom. The topological polar surface area (TPSA) is 53.2 Å². The van der Waals surface area contributed by atoms with Gasteiger partial charge in [0.05, 0.1) is 21.7 Å². The standard InChI is InChI=1S/C22H19F3N2O2S/c1-13-10-11-14(2)20-19(13)17-8-5-9-18(21(17)26-20)27(3)30(28,29)16-7-4-6-15(12-16)22(23,24)25/h4-12,26H,1-3H3. The largest absolute Gasteiger partial charge is 0.416 e. The number of para-hydroxylation sites is 1. The van der Waals surface area contributed by atoms with Crippen LogP contribution in [0.2, 0.25) is 0 Å². The van der Waals surface area contributed by atoms with Crippen molar-refractivity contribution in [3.05, 3.63) is 71.3 Å². The number of aromatic amines is 1. The summed E-state index contributed by atoms with van der Waals surface area (Å²) in [6.07, 6.45) is -4.63. The van der Waals surface area contributed by atoms with E-state index in [1.807, 2.05) is 32.0 Å². The Hall–Kier alpha value is -3.00. The lowest BCUT2D eigenvalue weighted by atomic mass is 10.0. The molecule has 30 heavy (non-hydrogen) atoms. The first kappa shape index (κ1) is 20.3. The van der Waals surface area contributed by atoms with Gasteiger partial charge in [0, 0.05) is 23.3 Å². The van der Waals surface area contributed by atoms with Crippen molar-refractivity contribution >= 4 is 37.5 Å². The highest BCUT2D eigenvalue weighted by Crippen LogP contribution is 2.37. The van der Waals surface area contributed by atoms with E-state index in [0.717, 1.165) is 43.9 Å². The zero-order valence-electron chi connectivity index (χ0n) is 16.5. The van der Waals surface area contributed by atoms with Crippen LogP contribution in [0.1, 0.15) is 16.7 Å². The van der Waals surface area contributed by atoms with Crippen molar-refractivity contribution in [1.29, 1.82) is 0 Å². The molecular weight excluding hydrogens is 413 g/mol. The monoisotopic (exact) mass is 432 g/mol. The van der Waals surface area contributed by atoms with Gasteiger partial charge in [0.15, 0.2) is 0 Å². The molecule has 156 valence electrons. The van der Waals surface area contributed by atoms with E-state index in [1.165, 1.54) is 13.1 Å². The Balaban J connectivity index is 1.91. The lowest BCUT2D eigenvalue weighted by Gasteiger charge is -2.21. The Morgan fingerprint density at radius 1 is 0.900 bits per heavy atom. The van der Waals surface area contributed by atoms with Crippen LogP contribution in [0.5, 0.6) is 0 Å². The number of aryl methyl sites for hydroxylation is 2. The number of hydrogen-bond acceptors (Lipinski definition) is 2. The number of hydrogen-bond donors (Lipinski definition) is 1. The fraction of sp³-hybridized carbons (Fsp3) is 0.182. The number of halogens is 3. The van der Waals surface area contributed by atoms with Gasteiger partial charge in [-0.25, -0.2) is 8.42 Å². The zero-order chi connectivity index (χ0) is 21.8. The molecule has 0 spiro atoms. The molecule has 1 aromatic heterocycles. The first-order valence-corrected chi connectivity index (χ1v) is 10.6. The highest BCUT2D eigenvalue weighted by molar-refractivity contribution is 7.92. The van der Waals surface area contributed by atoms with E-state index in [9.17, 15) is 21.6 Å². The number of alkyl halides is 3. The van der Waals surface area contributed by atoms with Crippen LogP contribution in [-0.4, -0.2) is 20.4 Å². The van der Waals surface area contributed by atoms with Crippen molar-refractivity contribution in [1.82, 2.24) is 4.98 Å². The molecule has 1 heterocycles. The van der Waals surface area contributed by atoms with Gasteiger partial charge in [-0.2, -0.15) is 13.2 Å². The average Bonchev–Trinajstić information content (AvgIpc) is 3.10. The van der Waals surface area contributed by atoms with Crippen LogP contribution < -0.4 is 4.31 Å². The summed E-state index contributed by atoms with van der Waals surface area (Å²) in [5.41, 5.74) is 2.93. The molecule has 0 saturated heterocycles. The fourth-order valence-corrected chi connectivity index (χ4v) is 4.96. The van der Waals surface area contributed by atoms with Gasteiger partial charge in [-0.15, -0.1) is 0 Å². The number of benzene rings is 3. The van der Waals surface area contributed by atoms with Crippen LogP contribution in [0.25, 0.3) is 21.8 Å². The van der Waals surface area contributed by atoms with E-state index in [2.05, 4.69) is 4.98 Å². The van der Waals surface area contributed by atoms with E-state index < -0.39 is 26.7 Å². The SMILES string of the molecule is Cc1ccc(C)c2c1[nH]c1c(N(C)S(=O)(=O)c3cccc(C(F)(F)F)c3)cccc12. The highest BCUT2D eigenvalue weighted by Gasteiger charge is 2.32. The quantitative estimate of drug-likeness (QED) is 0.446. The van der Waals surface area contributed by atoms with E-state index in [-0.39, 0.29) is 0 Å². The second-order valence-corrected chi connectivity index (χ2v) is 9.24. The summed E-state index contributed by atoms with van der Waals surface area (Å²) in [5.74, 6) is 0. The van der Waals surface area contributed by atoms with Crippen LogP contribution in [0.15, 0.2) is 59.5 Å². The van der Waals surface area contributed by atoms with Gasteiger partial charge in [0.1, 0.15) is 0 Å². The molecule has 4 nitrogen and oxygen atoms in total. The predicted octanol–water partition coefficient (Wildman–Crippen LogP) is 5.78. The predicted molar refractivity (Wildman–Crippen MR) is 112 cm³/mol. The Kier molecular flexibility index (Phi) is 4.58. The second kappa shape index (κ2) is 6.77. The number of H-pyrrole nitrogens is 1. The summed E-state index contributed by atoms with van der Waals surface area (Å²) < 4.78 is 66.5. The highest BCUT2D eigenvalue weighted by atomic mass is 32.2. The second-order valence-electron chi connectivity index (χ2n) is 7.27. The number of sulfonamides is 1. The molecule has 0 unspecified atom stereocenters. The number of nitrogens with one attached hydrogen (secondary N) is 1. The lowest BCUT2D eigenvalue weighted by molar-refractivity contribution is -0.137. The summed E-state index contributed by atoms with van der Waals surface area (Å²) in [6, 6.07) is 13.0. The molecule has 4 rings (SSSR count). The maximum atomic E-state index is 13.1. The minimum atomic E-state index is -4.63. The third-order valence-electron chi connectivity index (χ3n) is 5.34. The minimum absolute atomic E-state index is 0.361. The smallest absolute Gasteiger partial charge is 0.353 e. The van der Waals surface area contributed by atoms with Gasteiger partial charge in [0.2, 0.25) is 0 Å². The number of nitrogens with zero attached hydrogens (tertiary/aromatic N) is 1. The van der Waals surface area contributed by atoms with Gasteiger partial charge in [-0.05, 0) is 49.2 Å². The summed E-state index contributed by atoms with van der Waals surface area (Å²) in [4.78, 5) is 2.89. The van der Waals surface area contributed by atoms with Gasteiger partial charge in [-0.1, -0.05) is 30.3 Å². The summed E-state index contributed by atoms with van der Waals surface area (Å²) in [7, 11) is -2.87. The van der Waals surface area contributed by atoms with Crippen molar-refractivity contribution < 1.29 is 21.6 Å². The number of fused-ring (bicyclic) bond motifs is 3.